The second-order valence-electron chi connectivity index (χ2n) is 5.12. The van der Waals surface area contributed by atoms with E-state index in [1.54, 1.807) is 12.3 Å². The maximum atomic E-state index is 12.0. The number of H-pyrrole nitrogens is 1. The quantitative estimate of drug-likeness (QED) is 0.843. The first kappa shape index (κ1) is 13.4. The van der Waals surface area contributed by atoms with Crippen molar-refractivity contribution in [3.8, 4) is 5.75 Å². The number of carbonyl (C=O) groups excluding carboxylic acids is 2. The first-order valence-corrected chi connectivity index (χ1v) is 6.85. The predicted molar refractivity (Wildman–Crippen MR) is 77.7 cm³/mol. The van der Waals surface area contributed by atoms with Crippen LogP contribution in [0.5, 0.6) is 5.75 Å². The Labute approximate surface area is 122 Å². The monoisotopic (exact) mass is 284 g/mol. The number of hydrogen-bond donors (Lipinski definition) is 2. The van der Waals surface area contributed by atoms with Gasteiger partial charge in [-0.05, 0) is 24.6 Å². The smallest absolute Gasteiger partial charge is 0.267 e. The fourth-order valence-corrected chi connectivity index (χ4v) is 2.40. The first-order chi connectivity index (χ1) is 10.1. The van der Waals surface area contributed by atoms with Gasteiger partial charge in [0.25, 0.3) is 5.91 Å². The molecule has 1 aromatic carbocycles. The number of ether oxygens (including phenoxy) is 1. The predicted octanol–water partition coefficient (Wildman–Crippen LogP) is 1.95. The highest BCUT2D eigenvalue weighted by atomic mass is 16.5. The molecule has 5 heteroatoms. The van der Waals surface area contributed by atoms with Gasteiger partial charge in [0.1, 0.15) is 17.5 Å². The fourth-order valence-electron chi connectivity index (χ4n) is 2.40. The number of aromatic amines is 1. The SMILES string of the molecule is CC(=O)c1c[nH]c(C(=O)NC[C@@H]2Cc3ccccc3O2)c1. The Morgan fingerprint density at radius 1 is 1.38 bits per heavy atom. The molecule has 2 aromatic rings. The molecule has 5 nitrogen and oxygen atoms in total. The van der Waals surface area contributed by atoms with Gasteiger partial charge in [-0.1, -0.05) is 18.2 Å². The van der Waals surface area contributed by atoms with Crippen LogP contribution in [0.1, 0.15) is 33.3 Å². The standard InChI is InChI=1S/C16H16N2O3/c1-10(19)12-7-14(17-8-12)16(20)18-9-13-6-11-4-2-3-5-15(11)21-13/h2-5,7-8,13,17H,6,9H2,1H3,(H,18,20)/t13-/m0/s1. The number of Topliss-reactive ketones (excluding diaryl/α,β-unsaturated/α-hetero) is 1. The highest BCUT2D eigenvalue weighted by Gasteiger charge is 2.23. The molecule has 1 aliphatic heterocycles. The van der Waals surface area contributed by atoms with E-state index >= 15 is 0 Å². The molecule has 1 amide bonds. The summed E-state index contributed by atoms with van der Waals surface area (Å²) in [5.74, 6) is 0.581. The van der Waals surface area contributed by atoms with Crippen LogP contribution in [0.15, 0.2) is 36.5 Å². The Bertz CT molecular complexity index is 665. The van der Waals surface area contributed by atoms with Gasteiger partial charge in [0.15, 0.2) is 5.78 Å². The van der Waals surface area contributed by atoms with Gasteiger partial charge in [0.2, 0.25) is 0 Å². The first-order valence-electron chi connectivity index (χ1n) is 6.85. The van der Waals surface area contributed by atoms with E-state index in [1.165, 1.54) is 6.92 Å². The Balaban J connectivity index is 1.56. The number of hydrogen-bond acceptors (Lipinski definition) is 3. The Hall–Kier alpha value is -2.56. The van der Waals surface area contributed by atoms with Crippen LogP contribution in [-0.4, -0.2) is 29.3 Å². The number of amides is 1. The molecule has 108 valence electrons. The summed E-state index contributed by atoms with van der Waals surface area (Å²) in [5, 5.41) is 2.82. The molecule has 21 heavy (non-hydrogen) atoms. The molecule has 0 unspecified atom stereocenters. The summed E-state index contributed by atoms with van der Waals surface area (Å²) in [5.41, 5.74) is 2.05. The van der Waals surface area contributed by atoms with E-state index in [0.717, 1.165) is 17.7 Å². The minimum absolute atomic E-state index is 0.0476. The summed E-state index contributed by atoms with van der Waals surface area (Å²) in [6.07, 6.45) is 2.28. The van der Waals surface area contributed by atoms with Crippen molar-refractivity contribution in [2.24, 2.45) is 0 Å². The van der Waals surface area contributed by atoms with E-state index in [0.29, 0.717) is 17.8 Å². The molecule has 0 saturated carbocycles. The average Bonchev–Trinajstić information content (AvgIpc) is 3.11. The van der Waals surface area contributed by atoms with Crippen LogP contribution < -0.4 is 10.1 Å². The zero-order chi connectivity index (χ0) is 14.8. The molecular weight excluding hydrogens is 268 g/mol. The molecule has 0 spiro atoms. The molecule has 3 rings (SSSR count). The zero-order valence-corrected chi connectivity index (χ0v) is 11.7. The van der Waals surface area contributed by atoms with Crippen molar-refractivity contribution in [2.75, 3.05) is 6.54 Å². The maximum absolute atomic E-state index is 12.0. The lowest BCUT2D eigenvalue weighted by Gasteiger charge is -2.11. The number of benzene rings is 1. The molecule has 0 bridgehead atoms. The molecule has 0 fully saturated rings. The van der Waals surface area contributed by atoms with E-state index in [1.807, 2.05) is 24.3 Å². The Morgan fingerprint density at radius 3 is 2.90 bits per heavy atom. The van der Waals surface area contributed by atoms with E-state index in [2.05, 4.69) is 10.3 Å². The van der Waals surface area contributed by atoms with E-state index in [-0.39, 0.29) is 17.8 Å². The van der Waals surface area contributed by atoms with Crippen molar-refractivity contribution in [3.63, 3.8) is 0 Å². The molecule has 1 aromatic heterocycles. The molecule has 2 heterocycles. The number of aromatic nitrogens is 1. The minimum Gasteiger partial charge on any atom is -0.488 e. The molecule has 1 aliphatic rings. The fraction of sp³-hybridized carbons (Fsp3) is 0.250. The van der Waals surface area contributed by atoms with Gasteiger partial charge in [0, 0.05) is 18.2 Å². The molecule has 0 radical (unpaired) electrons. The Kier molecular flexibility index (Phi) is 3.48. The van der Waals surface area contributed by atoms with Crippen molar-refractivity contribution in [1.82, 2.24) is 10.3 Å². The number of ketones is 1. The molecule has 0 saturated heterocycles. The lowest BCUT2D eigenvalue weighted by molar-refractivity contribution is 0.0929. The second kappa shape index (κ2) is 5.44. The van der Waals surface area contributed by atoms with Gasteiger partial charge in [-0.3, -0.25) is 9.59 Å². The topological polar surface area (TPSA) is 71.2 Å². The van der Waals surface area contributed by atoms with Crippen molar-refractivity contribution in [2.45, 2.75) is 19.4 Å². The van der Waals surface area contributed by atoms with Gasteiger partial charge in [-0.25, -0.2) is 0 Å². The number of fused-ring (bicyclic) bond motifs is 1. The zero-order valence-electron chi connectivity index (χ0n) is 11.7. The molecule has 2 N–H and O–H groups in total. The number of carbonyl (C=O) groups is 2. The summed E-state index contributed by atoms with van der Waals surface area (Å²) in [6.45, 7) is 1.90. The van der Waals surface area contributed by atoms with Crippen LogP contribution in [0.4, 0.5) is 0 Å². The highest BCUT2D eigenvalue weighted by Crippen LogP contribution is 2.27. The molecule has 0 aliphatic carbocycles. The van der Waals surface area contributed by atoms with Crippen LogP contribution in [-0.2, 0) is 6.42 Å². The Morgan fingerprint density at radius 2 is 2.19 bits per heavy atom. The summed E-state index contributed by atoms with van der Waals surface area (Å²) in [4.78, 5) is 26.0. The third-order valence-corrected chi connectivity index (χ3v) is 3.54. The third kappa shape index (κ3) is 2.81. The number of rotatable bonds is 4. The minimum atomic E-state index is -0.234. The summed E-state index contributed by atoms with van der Waals surface area (Å²) in [6, 6.07) is 9.43. The normalized spacial score (nSPS) is 16.1. The van der Waals surface area contributed by atoms with Crippen molar-refractivity contribution >= 4 is 11.7 Å². The molecule has 1 atom stereocenters. The van der Waals surface area contributed by atoms with Gasteiger partial charge in [0.05, 0.1) is 6.54 Å². The third-order valence-electron chi connectivity index (χ3n) is 3.54. The van der Waals surface area contributed by atoms with Crippen molar-refractivity contribution in [1.29, 1.82) is 0 Å². The average molecular weight is 284 g/mol. The lowest BCUT2D eigenvalue weighted by Crippen LogP contribution is -2.34. The van der Waals surface area contributed by atoms with Gasteiger partial charge < -0.3 is 15.0 Å². The molecular formula is C16H16N2O3. The maximum Gasteiger partial charge on any atom is 0.267 e. The van der Waals surface area contributed by atoms with E-state index < -0.39 is 0 Å². The van der Waals surface area contributed by atoms with Gasteiger partial charge in [-0.15, -0.1) is 0 Å². The van der Waals surface area contributed by atoms with Crippen molar-refractivity contribution in [3.05, 3.63) is 53.3 Å². The highest BCUT2D eigenvalue weighted by molar-refractivity contribution is 5.99. The van der Waals surface area contributed by atoms with Crippen LogP contribution in [0, 0.1) is 0 Å². The van der Waals surface area contributed by atoms with Crippen LogP contribution in [0.3, 0.4) is 0 Å². The van der Waals surface area contributed by atoms with Crippen LogP contribution in [0.25, 0.3) is 0 Å². The van der Waals surface area contributed by atoms with Gasteiger partial charge in [-0.2, -0.15) is 0 Å². The largest absolute Gasteiger partial charge is 0.488 e. The number of para-hydroxylation sites is 1. The van der Waals surface area contributed by atoms with Crippen molar-refractivity contribution < 1.29 is 14.3 Å². The van der Waals surface area contributed by atoms with E-state index in [9.17, 15) is 9.59 Å². The second-order valence-corrected chi connectivity index (χ2v) is 5.12. The lowest BCUT2D eigenvalue weighted by atomic mass is 10.1. The van der Waals surface area contributed by atoms with Crippen LogP contribution >= 0.6 is 0 Å². The summed E-state index contributed by atoms with van der Waals surface area (Å²) in [7, 11) is 0. The summed E-state index contributed by atoms with van der Waals surface area (Å²) < 4.78 is 5.76. The van der Waals surface area contributed by atoms with Gasteiger partial charge >= 0.3 is 0 Å². The van der Waals surface area contributed by atoms with E-state index in [4.69, 9.17) is 4.74 Å². The number of nitrogens with one attached hydrogen (secondary N) is 2. The summed E-state index contributed by atoms with van der Waals surface area (Å²) >= 11 is 0. The van der Waals surface area contributed by atoms with Crippen LogP contribution in [0.2, 0.25) is 0 Å².